The molecular weight excluding hydrogens is 394 g/mol. The number of H-pyrrole nitrogens is 1. The third-order valence-electron chi connectivity index (χ3n) is 5.96. The van der Waals surface area contributed by atoms with Gasteiger partial charge in [0.2, 0.25) is 0 Å². The van der Waals surface area contributed by atoms with E-state index in [1.54, 1.807) is 0 Å². The maximum absolute atomic E-state index is 15.2. The zero-order valence-corrected chi connectivity index (χ0v) is 15.6. The Morgan fingerprint density at radius 3 is 2.38 bits per heavy atom. The summed E-state index contributed by atoms with van der Waals surface area (Å²) >= 11 is 0. The highest BCUT2D eigenvalue weighted by Crippen LogP contribution is 2.44. The number of hydrogen-bond donors (Lipinski definition) is 3. The Bertz CT molecular complexity index is 1100. The number of anilines is 2. The predicted molar refractivity (Wildman–Crippen MR) is 101 cm³/mol. The predicted octanol–water partition coefficient (Wildman–Crippen LogP) is 1.63. The van der Waals surface area contributed by atoms with Crippen LogP contribution in [-0.4, -0.2) is 35.4 Å². The Morgan fingerprint density at radius 2 is 1.86 bits per heavy atom. The van der Waals surface area contributed by atoms with Crippen LogP contribution in [0.2, 0.25) is 0 Å². The lowest BCUT2D eigenvalue weighted by Crippen LogP contribution is -2.33. The molecule has 11 heteroatoms. The van der Waals surface area contributed by atoms with Gasteiger partial charge >= 0.3 is 11.9 Å². The molecule has 5 N–H and O–H groups in total. The summed E-state index contributed by atoms with van der Waals surface area (Å²) < 4.78 is 56.8. The van der Waals surface area contributed by atoms with Gasteiger partial charge in [-0.2, -0.15) is 13.2 Å². The van der Waals surface area contributed by atoms with E-state index in [0.717, 1.165) is 0 Å². The lowest BCUT2D eigenvalue weighted by atomic mass is 9.96. The molecule has 1 aliphatic carbocycles. The second kappa shape index (κ2) is 6.48. The van der Waals surface area contributed by atoms with Gasteiger partial charge < -0.3 is 16.4 Å². The van der Waals surface area contributed by atoms with Crippen LogP contribution in [0.15, 0.2) is 9.59 Å². The number of alkyl halides is 3. The van der Waals surface area contributed by atoms with E-state index in [1.165, 1.54) is 16.4 Å². The standard InChI is InChI=1S/C18H21F4N5O2/c1-7-14-11(16(28)25-17(29)27(14)9-2-3-9)13(24)12(19)15(7)26-5-8(4-23)10(6-26)18(20,21)22/h8-10H,2-6,23-24H2,1H3,(H,25,28,29). The fourth-order valence-electron chi connectivity index (χ4n) is 4.40. The molecule has 4 rings (SSSR count). The van der Waals surface area contributed by atoms with E-state index in [0.29, 0.717) is 12.8 Å². The third-order valence-corrected chi connectivity index (χ3v) is 5.96. The zero-order valence-electron chi connectivity index (χ0n) is 15.6. The second-order valence-corrected chi connectivity index (χ2v) is 7.83. The minimum absolute atomic E-state index is 0.0970. The van der Waals surface area contributed by atoms with Crippen LogP contribution in [0.25, 0.3) is 10.9 Å². The summed E-state index contributed by atoms with van der Waals surface area (Å²) in [4.78, 5) is 28.2. The molecule has 158 valence electrons. The van der Waals surface area contributed by atoms with Gasteiger partial charge in [0.1, 0.15) is 0 Å². The van der Waals surface area contributed by atoms with Gasteiger partial charge in [-0.15, -0.1) is 0 Å². The number of nitrogen functional groups attached to an aromatic ring is 1. The number of aryl methyl sites for hydroxylation is 1. The first kappa shape index (κ1) is 19.7. The summed E-state index contributed by atoms with van der Waals surface area (Å²) in [5.41, 5.74) is 9.79. The molecule has 1 aliphatic heterocycles. The molecule has 0 amide bonds. The number of rotatable bonds is 3. The molecule has 1 aromatic heterocycles. The van der Waals surface area contributed by atoms with E-state index in [2.05, 4.69) is 4.98 Å². The van der Waals surface area contributed by atoms with Crippen LogP contribution in [-0.2, 0) is 0 Å². The molecule has 2 heterocycles. The maximum Gasteiger partial charge on any atom is 0.393 e. The summed E-state index contributed by atoms with van der Waals surface area (Å²) in [5.74, 6) is -3.55. The van der Waals surface area contributed by atoms with Crippen molar-refractivity contribution in [2.24, 2.45) is 17.6 Å². The van der Waals surface area contributed by atoms with E-state index in [9.17, 15) is 22.8 Å². The first-order valence-corrected chi connectivity index (χ1v) is 9.34. The van der Waals surface area contributed by atoms with Gasteiger partial charge in [0.25, 0.3) is 5.56 Å². The summed E-state index contributed by atoms with van der Waals surface area (Å²) in [5, 5.41) is -0.155. The first-order chi connectivity index (χ1) is 13.6. The molecule has 1 saturated carbocycles. The Hall–Kier alpha value is -2.56. The van der Waals surface area contributed by atoms with Crippen molar-refractivity contribution in [2.75, 3.05) is 30.3 Å². The molecule has 29 heavy (non-hydrogen) atoms. The van der Waals surface area contributed by atoms with Crippen molar-refractivity contribution in [1.29, 1.82) is 0 Å². The average Bonchev–Trinajstić information content (AvgIpc) is 3.36. The van der Waals surface area contributed by atoms with Gasteiger partial charge in [0, 0.05) is 30.6 Å². The van der Waals surface area contributed by atoms with Crippen LogP contribution in [0.5, 0.6) is 0 Å². The van der Waals surface area contributed by atoms with Crippen LogP contribution in [0.1, 0.15) is 24.4 Å². The van der Waals surface area contributed by atoms with Gasteiger partial charge in [-0.3, -0.25) is 14.3 Å². The number of fused-ring (bicyclic) bond motifs is 1. The minimum Gasteiger partial charge on any atom is -0.396 e. The summed E-state index contributed by atoms with van der Waals surface area (Å²) in [6.07, 6.45) is -3.05. The molecule has 0 spiro atoms. The number of nitrogens with one attached hydrogen (secondary N) is 1. The Morgan fingerprint density at radius 1 is 1.21 bits per heavy atom. The molecule has 7 nitrogen and oxygen atoms in total. The molecule has 2 fully saturated rings. The SMILES string of the molecule is Cc1c(N2CC(CN)C(C(F)(F)F)C2)c(F)c(N)c2c(=O)[nH]c(=O)n(C3CC3)c12. The van der Waals surface area contributed by atoms with Gasteiger partial charge in [-0.05, 0) is 26.3 Å². The van der Waals surface area contributed by atoms with Crippen LogP contribution in [0.4, 0.5) is 28.9 Å². The molecule has 1 aromatic carbocycles. The van der Waals surface area contributed by atoms with Crippen molar-refractivity contribution >= 4 is 22.3 Å². The molecular formula is C18H21F4N5O2. The van der Waals surface area contributed by atoms with Crippen molar-refractivity contribution in [3.8, 4) is 0 Å². The molecule has 2 aliphatic rings. The smallest absolute Gasteiger partial charge is 0.393 e. The highest BCUT2D eigenvalue weighted by molar-refractivity contribution is 5.97. The lowest BCUT2D eigenvalue weighted by Gasteiger charge is -2.25. The second-order valence-electron chi connectivity index (χ2n) is 7.83. The van der Waals surface area contributed by atoms with Crippen molar-refractivity contribution < 1.29 is 17.6 Å². The van der Waals surface area contributed by atoms with Crippen molar-refractivity contribution in [3.05, 3.63) is 32.2 Å². The fourth-order valence-corrected chi connectivity index (χ4v) is 4.40. The van der Waals surface area contributed by atoms with Crippen molar-refractivity contribution in [2.45, 2.75) is 32.0 Å². The van der Waals surface area contributed by atoms with Gasteiger partial charge in [-0.25, -0.2) is 9.18 Å². The molecule has 2 unspecified atom stereocenters. The number of nitrogens with two attached hydrogens (primary N) is 2. The Kier molecular flexibility index (Phi) is 4.41. The van der Waals surface area contributed by atoms with E-state index in [4.69, 9.17) is 11.5 Å². The molecule has 0 radical (unpaired) electrons. The first-order valence-electron chi connectivity index (χ1n) is 9.34. The van der Waals surface area contributed by atoms with Crippen LogP contribution in [0.3, 0.4) is 0 Å². The van der Waals surface area contributed by atoms with Crippen molar-refractivity contribution in [3.63, 3.8) is 0 Å². The van der Waals surface area contributed by atoms with Crippen LogP contribution < -0.4 is 27.6 Å². The Balaban J connectivity index is 1.96. The highest BCUT2D eigenvalue weighted by atomic mass is 19.4. The third kappa shape index (κ3) is 2.98. The van der Waals surface area contributed by atoms with Crippen LogP contribution >= 0.6 is 0 Å². The van der Waals surface area contributed by atoms with E-state index in [-0.39, 0.29) is 41.3 Å². The highest BCUT2D eigenvalue weighted by Gasteiger charge is 2.50. The number of aromatic amines is 1. The molecule has 2 aromatic rings. The number of nitrogens with zero attached hydrogens (tertiary/aromatic N) is 2. The largest absolute Gasteiger partial charge is 0.396 e. The molecule has 2 atom stereocenters. The van der Waals surface area contributed by atoms with E-state index in [1.807, 2.05) is 0 Å². The van der Waals surface area contributed by atoms with Gasteiger partial charge in [0.15, 0.2) is 5.82 Å². The number of halogens is 4. The normalized spacial score (nSPS) is 22.6. The quantitative estimate of drug-likeness (QED) is 0.521. The fraction of sp³-hybridized carbons (Fsp3) is 0.556. The maximum atomic E-state index is 15.2. The van der Waals surface area contributed by atoms with Gasteiger partial charge in [-0.1, -0.05) is 0 Å². The van der Waals surface area contributed by atoms with E-state index >= 15 is 4.39 Å². The Labute approximate surface area is 162 Å². The summed E-state index contributed by atoms with van der Waals surface area (Å²) in [6, 6.07) is -0.156. The minimum atomic E-state index is -4.47. The van der Waals surface area contributed by atoms with Gasteiger partial charge in [0.05, 0.1) is 28.2 Å². The lowest BCUT2D eigenvalue weighted by molar-refractivity contribution is -0.178. The zero-order chi connectivity index (χ0) is 21.2. The number of benzene rings is 1. The average molecular weight is 415 g/mol. The molecule has 1 saturated heterocycles. The van der Waals surface area contributed by atoms with Crippen molar-refractivity contribution in [1.82, 2.24) is 9.55 Å². The van der Waals surface area contributed by atoms with Crippen LogP contribution in [0, 0.1) is 24.6 Å². The number of aromatic nitrogens is 2. The van der Waals surface area contributed by atoms with E-state index < -0.39 is 47.3 Å². The number of hydrogen-bond acceptors (Lipinski definition) is 5. The topological polar surface area (TPSA) is 110 Å². The summed E-state index contributed by atoms with van der Waals surface area (Å²) in [6.45, 7) is 0.734. The monoisotopic (exact) mass is 415 g/mol. The molecule has 0 bridgehead atoms. The summed E-state index contributed by atoms with van der Waals surface area (Å²) in [7, 11) is 0.